The third-order valence-corrected chi connectivity index (χ3v) is 5.55. The molecule has 4 rings (SSSR count). The van der Waals surface area contributed by atoms with Crippen LogP contribution in [0, 0.1) is 5.92 Å². The molecule has 0 aromatic heterocycles. The molecule has 0 N–H and O–H groups in total. The van der Waals surface area contributed by atoms with Gasteiger partial charge in [0.1, 0.15) is 5.60 Å². The molecule has 2 bridgehead atoms. The van der Waals surface area contributed by atoms with Crippen LogP contribution in [-0.2, 0) is 9.47 Å². The average molecular weight is 381 g/mol. The Hall–Kier alpha value is -2.40. The topological polar surface area (TPSA) is 55.8 Å². The molecule has 2 unspecified atom stereocenters. The zero-order valence-electron chi connectivity index (χ0n) is 16.7. The van der Waals surface area contributed by atoms with Crippen molar-refractivity contribution < 1.29 is 19.1 Å². The first-order chi connectivity index (χ1) is 13.3. The van der Waals surface area contributed by atoms with Crippen molar-refractivity contribution >= 4 is 22.6 Å². The van der Waals surface area contributed by atoms with E-state index >= 15 is 0 Å². The molecule has 0 saturated carbocycles. The zero-order valence-corrected chi connectivity index (χ0v) is 16.7. The van der Waals surface area contributed by atoms with E-state index in [4.69, 9.17) is 9.47 Å². The number of morpholine rings is 1. The summed E-state index contributed by atoms with van der Waals surface area (Å²) >= 11 is 0. The highest BCUT2D eigenvalue weighted by atomic mass is 16.6. The predicted molar refractivity (Wildman–Crippen MR) is 107 cm³/mol. The fourth-order valence-electron chi connectivity index (χ4n) is 4.40. The van der Waals surface area contributed by atoms with Gasteiger partial charge in [0, 0.05) is 11.5 Å². The number of hydrogen-bond acceptors (Lipinski definition) is 4. The van der Waals surface area contributed by atoms with Crippen LogP contribution in [0.3, 0.4) is 0 Å². The van der Waals surface area contributed by atoms with E-state index in [1.807, 2.05) is 68.1 Å². The minimum Gasteiger partial charge on any atom is -0.444 e. The molecule has 0 aliphatic carbocycles. The summed E-state index contributed by atoms with van der Waals surface area (Å²) in [6, 6.07) is 13.6. The van der Waals surface area contributed by atoms with E-state index in [0.717, 1.165) is 16.3 Å². The maximum atomic E-state index is 13.4. The van der Waals surface area contributed by atoms with Crippen molar-refractivity contribution in [2.45, 2.75) is 51.3 Å². The van der Waals surface area contributed by atoms with E-state index < -0.39 is 5.60 Å². The van der Waals surface area contributed by atoms with Gasteiger partial charge in [0.15, 0.2) is 5.78 Å². The average Bonchev–Trinajstić information content (AvgIpc) is 2.64. The first kappa shape index (κ1) is 18.9. The second-order valence-electron chi connectivity index (χ2n) is 8.79. The van der Waals surface area contributed by atoms with E-state index in [0.29, 0.717) is 26.1 Å². The minimum atomic E-state index is -0.540. The van der Waals surface area contributed by atoms with Gasteiger partial charge in [-0.15, -0.1) is 0 Å². The van der Waals surface area contributed by atoms with Gasteiger partial charge < -0.3 is 9.47 Å². The molecule has 2 aromatic rings. The Labute approximate surface area is 165 Å². The number of Topliss-reactive ketones (excluding diaryl/α,β-unsaturated/α-hetero) is 1. The Kier molecular flexibility index (Phi) is 4.88. The van der Waals surface area contributed by atoms with Crippen LogP contribution in [0.15, 0.2) is 42.5 Å². The Morgan fingerprint density at radius 2 is 1.64 bits per heavy atom. The molecule has 2 aliphatic heterocycles. The van der Waals surface area contributed by atoms with Crippen LogP contribution >= 0.6 is 0 Å². The number of piperidine rings is 1. The van der Waals surface area contributed by atoms with E-state index in [-0.39, 0.29) is 29.9 Å². The molecule has 1 amide bonds. The van der Waals surface area contributed by atoms with Crippen LogP contribution < -0.4 is 0 Å². The van der Waals surface area contributed by atoms with Crippen LogP contribution in [0.5, 0.6) is 0 Å². The molecule has 28 heavy (non-hydrogen) atoms. The largest absolute Gasteiger partial charge is 0.444 e. The Morgan fingerprint density at radius 1 is 1.00 bits per heavy atom. The van der Waals surface area contributed by atoms with Crippen molar-refractivity contribution in [3.8, 4) is 0 Å². The third kappa shape index (κ3) is 3.63. The lowest BCUT2D eigenvalue weighted by atomic mass is 9.80. The van der Waals surface area contributed by atoms with Crippen LogP contribution in [0.2, 0.25) is 0 Å². The molecule has 2 fully saturated rings. The van der Waals surface area contributed by atoms with E-state index in [2.05, 4.69) is 0 Å². The number of ether oxygens (including phenoxy) is 2. The lowest BCUT2D eigenvalue weighted by Crippen LogP contribution is -2.60. The molecular weight excluding hydrogens is 354 g/mol. The first-order valence-corrected chi connectivity index (χ1v) is 9.94. The number of carbonyl (C=O) groups is 2. The number of rotatable bonds is 2. The molecule has 0 radical (unpaired) electrons. The molecule has 2 aliphatic rings. The molecule has 2 heterocycles. The maximum absolute atomic E-state index is 13.4. The molecular formula is C23H27NO4. The van der Waals surface area contributed by atoms with Crippen LogP contribution in [0.1, 0.15) is 44.0 Å². The molecule has 2 atom stereocenters. The van der Waals surface area contributed by atoms with Crippen molar-refractivity contribution in [2.75, 3.05) is 13.2 Å². The molecule has 5 heteroatoms. The van der Waals surface area contributed by atoms with E-state index in [1.54, 1.807) is 0 Å². The van der Waals surface area contributed by atoms with Gasteiger partial charge in [-0.3, -0.25) is 9.69 Å². The summed E-state index contributed by atoms with van der Waals surface area (Å²) in [7, 11) is 0. The number of fused-ring (bicyclic) bond motifs is 3. The predicted octanol–water partition coefficient (Wildman–Crippen LogP) is 4.44. The second kappa shape index (κ2) is 7.21. The van der Waals surface area contributed by atoms with Crippen LogP contribution in [-0.4, -0.2) is 47.7 Å². The number of hydrogen-bond donors (Lipinski definition) is 0. The normalized spacial score (nSPS) is 24.8. The van der Waals surface area contributed by atoms with Gasteiger partial charge in [0.25, 0.3) is 0 Å². The summed E-state index contributed by atoms with van der Waals surface area (Å²) in [5, 5.41) is 2.06. The van der Waals surface area contributed by atoms with Gasteiger partial charge in [-0.25, -0.2) is 4.79 Å². The quantitative estimate of drug-likeness (QED) is 0.722. The number of nitrogens with zero attached hydrogens (tertiary/aromatic N) is 1. The zero-order chi connectivity index (χ0) is 19.9. The smallest absolute Gasteiger partial charge is 0.410 e. The lowest BCUT2D eigenvalue weighted by Gasteiger charge is -2.47. The van der Waals surface area contributed by atoms with Gasteiger partial charge >= 0.3 is 6.09 Å². The van der Waals surface area contributed by atoms with Gasteiger partial charge in [-0.1, -0.05) is 42.5 Å². The van der Waals surface area contributed by atoms with Crippen molar-refractivity contribution in [1.29, 1.82) is 0 Å². The monoisotopic (exact) mass is 381 g/mol. The summed E-state index contributed by atoms with van der Waals surface area (Å²) in [5.74, 6) is 0.0564. The van der Waals surface area contributed by atoms with Crippen molar-refractivity contribution in [3.63, 3.8) is 0 Å². The highest BCUT2D eigenvalue weighted by Crippen LogP contribution is 2.35. The SMILES string of the molecule is CC(C)(C)OC(=O)N1C2COCC1CC(C(=O)c1cccc3ccccc13)C2. The van der Waals surface area contributed by atoms with Crippen molar-refractivity contribution in [2.24, 2.45) is 5.92 Å². The molecule has 148 valence electrons. The lowest BCUT2D eigenvalue weighted by molar-refractivity contribution is -0.0861. The number of carbonyl (C=O) groups excluding carboxylic acids is 2. The second-order valence-corrected chi connectivity index (χ2v) is 8.79. The fourth-order valence-corrected chi connectivity index (χ4v) is 4.40. The number of amides is 1. The summed E-state index contributed by atoms with van der Waals surface area (Å²) < 4.78 is 11.3. The van der Waals surface area contributed by atoms with Gasteiger partial charge in [-0.05, 0) is 44.4 Å². The highest BCUT2D eigenvalue weighted by Gasteiger charge is 2.45. The van der Waals surface area contributed by atoms with Crippen LogP contribution in [0.25, 0.3) is 10.8 Å². The molecule has 0 spiro atoms. The Balaban J connectivity index is 1.57. The van der Waals surface area contributed by atoms with Crippen molar-refractivity contribution in [3.05, 3.63) is 48.0 Å². The molecule has 2 aromatic carbocycles. The van der Waals surface area contributed by atoms with E-state index in [1.165, 1.54) is 0 Å². The van der Waals surface area contributed by atoms with Gasteiger partial charge in [-0.2, -0.15) is 0 Å². The fraction of sp³-hybridized carbons (Fsp3) is 0.478. The first-order valence-electron chi connectivity index (χ1n) is 9.94. The summed E-state index contributed by atoms with van der Waals surface area (Å²) in [4.78, 5) is 27.9. The van der Waals surface area contributed by atoms with Gasteiger partial charge in [0.05, 0.1) is 25.3 Å². The van der Waals surface area contributed by atoms with E-state index in [9.17, 15) is 9.59 Å². The number of ketones is 1. The summed E-state index contributed by atoms with van der Waals surface area (Å²) in [5.41, 5.74) is 0.231. The minimum absolute atomic E-state index is 0.108. The molecule has 5 nitrogen and oxygen atoms in total. The van der Waals surface area contributed by atoms with Crippen molar-refractivity contribution in [1.82, 2.24) is 4.90 Å². The third-order valence-electron chi connectivity index (χ3n) is 5.55. The maximum Gasteiger partial charge on any atom is 0.410 e. The summed E-state index contributed by atoms with van der Waals surface area (Å²) in [6.45, 7) is 6.51. The highest BCUT2D eigenvalue weighted by molar-refractivity contribution is 6.09. The van der Waals surface area contributed by atoms with Gasteiger partial charge in [0.2, 0.25) is 0 Å². The standard InChI is InChI=1S/C23H27NO4/c1-23(2,3)28-22(26)24-17-11-16(12-18(24)14-27-13-17)21(25)20-10-6-8-15-7-4-5-9-19(15)20/h4-10,16-18H,11-14H2,1-3H3. The molecule has 2 saturated heterocycles. The number of benzene rings is 2. The Bertz CT molecular complexity index is 882. The van der Waals surface area contributed by atoms with Crippen LogP contribution in [0.4, 0.5) is 4.79 Å². The Morgan fingerprint density at radius 3 is 2.32 bits per heavy atom. The summed E-state index contributed by atoms with van der Waals surface area (Å²) in [6.07, 6.45) is 0.914.